The Hall–Kier alpha value is -0.320. The highest BCUT2D eigenvalue weighted by molar-refractivity contribution is 5.15. The van der Waals surface area contributed by atoms with Crippen LogP contribution >= 0.6 is 0 Å². The minimum atomic E-state index is -0.557. The third-order valence-electron chi connectivity index (χ3n) is 21.9. The molecule has 8 rings (SSSR count). The minimum absolute atomic E-state index is 0. The molecule has 0 amide bonds. The number of hydrogen-bond acceptors (Lipinski definition) is 6. The van der Waals surface area contributed by atoms with Crippen LogP contribution in [0.2, 0.25) is 0 Å². The van der Waals surface area contributed by atoms with Crippen molar-refractivity contribution in [3.05, 3.63) is 0 Å². The summed E-state index contributed by atoms with van der Waals surface area (Å²) in [4.78, 5) is 0. The van der Waals surface area contributed by atoms with Crippen LogP contribution in [-0.4, -0.2) is 77.2 Å². The van der Waals surface area contributed by atoms with Crippen LogP contribution in [-0.2, 0) is 0 Å². The van der Waals surface area contributed by atoms with Gasteiger partial charge in [0.2, 0.25) is 0 Å². The van der Waals surface area contributed by atoms with Crippen molar-refractivity contribution in [3.8, 4) is 0 Å². The fourth-order valence-electron chi connectivity index (χ4n) is 18.8. The van der Waals surface area contributed by atoms with E-state index in [9.17, 15) is 30.6 Å². The zero-order chi connectivity index (χ0) is 43.5. The predicted octanol–water partition coefficient (Wildman–Crippen LogP) is 11.0. The van der Waals surface area contributed by atoms with Crippen LogP contribution in [0.5, 0.6) is 0 Å². The van der Waals surface area contributed by atoms with Crippen LogP contribution in [0.15, 0.2) is 0 Å². The first-order valence-electron chi connectivity index (χ1n) is 26.4. The van der Waals surface area contributed by atoms with Crippen molar-refractivity contribution in [2.45, 2.75) is 273 Å². The summed E-state index contributed by atoms with van der Waals surface area (Å²) >= 11 is 0. The van der Waals surface area contributed by atoms with Gasteiger partial charge < -0.3 is 41.6 Å². The average Bonchev–Trinajstić information content (AvgIpc) is 3.75. The molecule has 8 nitrogen and oxygen atoms in total. The van der Waals surface area contributed by atoms with Gasteiger partial charge in [0.05, 0.1) is 35.6 Å². The quantitative estimate of drug-likeness (QED) is 0.106. The Bertz CT molecular complexity index is 1320. The van der Waals surface area contributed by atoms with Crippen LogP contribution in [0.3, 0.4) is 0 Å². The van der Waals surface area contributed by atoms with Gasteiger partial charge in [-0.3, -0.25) is 0 Å². The molecule has 8 aliphatic rings. The molecule has 0 heterocycles. The van der Waals surface area contributed by atoms with E-state index in [1.54, 1.807) is 0 Å². The molecule has 0 aromatic rings. The summed E-state index contributed by atoms with van der Waals surface area (Å²) in [5.41, 5.74) is -0.316. The molecule has 380 valence electrons. The number of unbranched alkanes of at least 4 members (excludes halogenated alkanes) is 6. The van der Waals surface area contributed by atoms with Gasteiger partial charge in [-0.05, 0) is 210 Å². The second-order valence-electron chi connectivity index (χ2n) is 25.1. The van der Waals surface area contributed by atoms with Crippen molar-refractivity contribution >= 4 is 0 Å². The summed E-state index contributed by atoms with van der Waals surface area (Å²) in [6.45, 7) is 18.6. The molecular weight excluding hydrogens is 801 g/mol. The Labute approximate surface area is 394 Å². The van der Waals surface area contributed by atoms with Gasteiger partial charge in [0.1, 0.15) is 0 Å². The normalized spacial score (nSPS) is 47.2. The van der Waals surface area contributed by atoms with E-state index in [0.29, 0.717) is 47.3 Å². The average molecular weight is 909 g/mol. The fourth-order valence-corrected chi connectivity index (χ4v) is 18.8. The van der Waals surface area contributed by atoms with Gasteiger partial charge in [-0.1, -0.05) is 108 Å². The molecule has 0 aromatic carbocycles. The zero-order valence-electron chi connectivity index (χ0n) is 41.2. The molecule has 8 fully saturated rings. The van der Waals surface area contributed by atoms with Crippen molar-refractivity contribution in [1.82, 2.24) is 0 Å². The largest absolute Gasteiger partial charge is 0.412 e. The van der Waals surface area contributed by atoms with E-state index >= 15 is 0 Å². The monoisotopic (exact) mass is 909 g/mol. The molecule has 6 unspecified atom stereocenters. The van der Waals surface area contributed by atoms with Crippen LogP contribution in [0.4, 0.5) is 0 Å². The molecule has 0 radical (unpaired) electrons. The molecule has 0 aliphatic heterocycles. The maximum atomic E-state index is 11.6. The lowest BCUT2D eigenvalue weighted by Gasteiger charge is -2.62. The standard InChI is InChI=1S/2C27H48O3.2CH4.2H2O/c2*1-5-6-7-8-13-27(4,30)24-10-9-20-19-17-23(29)22-16-18(28)11-14-25(22,2)21(19)12-15-26(20,24)3;;;;/h2*18-24,28-30H,5-17H2,1-4H3;2*1H4;2*1H2/t2*18-,19?,20?,21?,22+,23-,24-,25+,26-,27-;;;;/m00..../s1. The van der Waals surface area contributed by atoms with E-state index in [-0.39, 0.29) is 83.7 Å². The van der Waals surface area contributed by atoms with Gasteiger partial charge in [-0.25, -0.2) is 0 Å². The molecule has 0 aromatic heterocycles. The number of rotatable bonds is 12. The number of fused-ring (bicyclic) bond motifs is 10. The molecule has 8 aliphatic carbocycles. The van der Waals surface area contributed by atoms with Crippen LogP contribution in [0, 0.1) is 80.8 Å². The van der Waals surface area contributed by atoms with Crippen molar-refractivity contribution in [1.29, 1.82) is 0 Å². The molecule has 8 heteroatoms. The first-order chi connectivity index (χ1) is 28.3. The van der Waals surface area contributed by atoms with Gasteiger partial charge in [0.25, 0.3) is 0 Å². The Morgan fingerprint density at radius 1 is 0.422 bits per heavy atom. The van der Waals surface area contributed by atoms with Crippen molar-refractivity contribution in [2.24, 2.45) is 80.8 Å². The minimum Gasteiger partial charge on any atom is -0.412 e. The molecule has 64 heavy (non-hydrogen) atoms. The number of hydrogen-bond donors (Lipinski definition) is 6. The summed E-state index contributed by atoms with van der Waals surface area (Å²) in [7, 11) is 0. The Balaban J connectivity index is 0.000000320. The smallest absolute Gasteiger partial charge is 0.0653 e. The second kappa shape index (κ2) is 22.2. The lowest BCUT2D eigenvalue weighted by atomic mass is 9.43. The van der Waals surface area contributed by atoms with Gasteiger partial charge in [0, 0.05) is 0 Å². The lowest BCUT2D eigenvalue weighted by Crippen LogP contribution is -2.59. The van der Waals surface area contributed by atoms with E-state index in [2.05, 4.69) is 55.4 Å². The van der Waals surface area contributed by atoms with E-state index in [1.165, 1.54) is 77.0 Å². The highest BCUT2D eigenvalue weighted by Crippen LogP contribution is 2.70. The highest BCUT2D eigenvalue weighted by atomic mass is 16.3. The van der Waals surface area contributed by atoms with E-state index in [0.717, 1.165) is 89.9 Å². The maximum absolute atomic E-state index is 11.6. The van der Waals surface area contributed by atoms with Gasteiger partial charge >= 0.3 is 0 Å². The van der Waals surface area contributed by atoms with Crippen molar-refractivity contribution in [3.63, 3.8) is 0 Å². The zero-order valence-corrected chi connectivity index (χ0v) is 41.2. The van der Waals surface area contributed by atoms with Gasteiger partial charge in [0.15, 0.2) is 0 Å². The van der Waals surface area contributed by atoms with Crippen LogP contribution < -0.4 is 0 Å². The predicted molar refractivity (Wildman–Crippen MR) is 265 cm³/mol. The second-order valence-corrected chi connectivity index (χ2v) is 25.1. The molecule has 8 saturated carbocycles. The molecule has 0 bridgehead atoms. The Morgan fingerprint density at radius 3 is 1.09 bits per heavy atom. The van der Waals surface area contributed by atoms with E-state index in [1.807, 2.05) is 0 Å². The molecule has 0 saturated heterocycles. The summed E-state index contributed by atoms with van der Waals surface area (Å²) in [6, 6.07) is 0. The molecule has 10 N–H and O–H groups in total. The Morgan fingerprint density at radius 2 is 0.750 bits per heavy atom. The van der Waals surface area contributed by atoms with E-state index < -0.39 is 11.2 Å². The molecular formula is C56H108O8. The fraction of sp³-hybridized carbons (Fsp3) is 1.00. The van der Waals surface area contributed by atoms with Gasteiger partial charge in [-0.15, -0.1) is 0 Å². The SMILES string of the molecule is C.C.CCCCCC[C@](C)(O)[C@H]1CCC2C3C[C@H](O)[C@H]4C[C@@H](O)CC[C@]4(C)C3CC[C@@]21C.CCCCCC[C@](C)(O)[C@H]1CCC2C3C[C@H](O)[C@H]4C[C@@H](O)CC[C@]4(C)C3CC[C@@]21C.O.O. The summed E-state index contributed by atoms with van der Waals surface area (Å²) in [5.74, 6) is 5.17. The number of aliphatic hydroxyl groups is 6. The van der Waals surface area contributed by atoms with Crippen LogP contribution in [0.1, 0.15) is 237 Å². The summed E-state index contributed by atoms with van der Waals surface area (Å²) in [6.07, 6.45) is 27.8. The Kier molecular flexibility index (Phi) is 20.1. The molecule has 20 atom stereocenters. The van der Waals surface area contributed by atoms with Crippen molar-refractivity contribution < 1.29 is 41.6 Å². The third kappa shape index (κ3) is 10.4. The highest BCUT2D eigenvalue weighted by Gasteiger charge is 2.65. The van der Waals surface area contributed by atoms with Gasteiger partial charge in [-0.2, -0.15) is 0 Å². The first kappa shape index (κ1) is 58.0. The maximum Gasteiger partial charge on any atom is 0.0653 e. The summed E-state index contributed by atoms with van der Waals surface area (Å²) < 4.78 is 0. The molecule has 0 spiro atoms. The van der Waals surface area contributed by atoms with E-state index in [4.69, 9.17) is 0 Å². The summed E-state index contributed by atoms with van der Waals surface area (Å²) in [5, 5.41) is 66.0. The lowest BCUT2D eigenvalue weighted by molar-refractivity contribution is -0.179. The first-order valence-corrected chi connectivity index (χ1v) is 26.4. The topological polar surface area (TPSA) is 184 Å². The third-order valence-corrected chi connectivity index (χ3v) is 21.9. The van der Waals surface area contributed by atoms with Crippen LogP contribution in [0.25, 0.3) is 0 Å². The van der Waals surface area contributed by atoms with Crippen molar-refractivity contribution in [2.75, 3.05) is 0 Å². The number of aliphatic hydroxyl groups excluding tert-OH is 4.